The van der Waals surface area contributed by atoms with Crippen LogP contribution in [0.1, 0.15) is 40.5 Å². The first-order chi connectivity index (χ1) is 6.24. The number of hydrogen-bond acceptors (Lipinski definition) is 2. The highest BCUT2D eigenvalue weighted by atomic mass is 33.1. The number of rotatable bonds is 8. The van der Waals surface area contributed by atoms with Crippen molar-refractivity contribution >= 4 is 21.8 Å². The summed E-state index contributed by atoms with van der Waals surface area (Å²) in [6, 6.07) is 0. The summed E-state index contributed by atoms with van der Waals surface area (Å²) in [7, 11) is 4.11. The van der Waals surface area contributed by atoms with Gasteiger partial charge in [0.15, 0.2) is 0 Å². The standard InChI is InChI=1S/C10H24NS2/c1-5-9-10-12-13-11(6-2,7-3)8-4/h5-10H2,1-4H3/q+1. The van der Waals surface area contributed by atoms with Crippen LogP contribution in [0.25, 0.3) is 0 Å². The van der Waals surface area contributed by atoms with Crippen molar-refractivity contribution < 1.29 is 3.89 Å². The van der Waals surface area contributed by atoms with Crippen LogP contribution >= 0.6 is 21.8 Å². The lowest BCUT2D eigenvalue weighted by Crippen LogP contribution is -2.39. The SMILES string of the molecule is CCCCSS[N+](CC)(CC)CC. The second kappa shape index (κ2) is 8.01. The van der Waals surface area contributed by atoms with Crippen LogP contribution < -0.4 is 0 Å². The zero-order valence-corrected chi connectivity index (χ0v) is 11.1. The molecular weight excluding hydrogens is 198 g/mol. The molecule has 0 atom stereocenters. The van der Waals surface area contributed by atoms with Crippen molar-refractivity contribution in [2.24, 2.45) is 0 Å². The van der Waals surface area contributed by atoms with Gasteiger partial charge in [0, 0.05) is 5.75 Å². The van der Waals surface area contributed by atoms with E-state index in [9.17, 15) is 0 Å². The predicted molar refractivity (Wildman–Crippen MR) is 66.8 cm³/mol. The second-order valence-electron chi connectivity index (χ2n) is 3.26. The molecule has 0 aliphatic rings. The molecule has 1 nitrogen and oxygen atoms in total. The molecule has 0 aromatic rings. The van der Waals surface area contributed by atoms with Gasteiger partial charge in [0.25, 0.3) is 0 Å². The highest BCUT2D eigenvalue weighted by Crippen LogP contribution is 2.34. The summed E-state index contributed by atoms with van der Waals surface area (Å²) < 4.78 is 1.20. The molecule has 0 amide bonds. The molecule has 0 aromatic carbocycles. The number of unbranched alkanes of at least 4 members (excludes halogenated alkanes) is 1. The molecule has 0 aliphatic carbocycles. The summed E-state index contributed by atoms with van der Waals surface area (Å²) in [5, 5.41) is 0. The highest BCUT2D eigenvalue weighted by Gasteiger charge is 2.22. The third kappa shape index (κ3) is 5.18. The molecule has 0 aromatic heterocycles. The molecule has 0 heterocycles. The van der Waals surface area contributed by atoms with Crippen LogP contribution in [0, 0.1) is 0 Å². The first kappa shape index (κ1) is 13.7. The number of nitrogens with zero attached hydrogens (tertiary/aromatic N) is 1. The van der Waals surface area contributed by atoms with Crippen LogP contribution in [0.4, 0.5) is 0 Å². The zero-order chi connectivity index (χ0) is 10.2. The first-order valence-electron chi connectivity index (χ1n) is 5.42. The van der Waals surface area contributed by atoms with E-state index < -0.39 is 0 Å². The van der Waals surface area contributed by atoms with Gasteiger partial charge in [0.2, 0.25) is 0 Å². The van der Waals surface area contributed by atoms with Crippen molar-refractivity contribution in [2.75, 3.05) is 25.4 Å². The largest absolute Gasteiger partial charge is 0.252 e. The van der Waals surface area contributed by atoms with E-state index in [1.165, 1.54) is 42.1 Å². The number of hydrogen-bond donors (Lipinski definition) is 0. The minimum atomic E-state index is 1.20. The van der Waals surface area contributed by atoms with Gasteiger partial charge in [-0.1, -0.05) is 13.3 Å². The van der Waals surface area contributed by atoms with Crippen LogP contribution in [0.3, 0.4) is 0 Å². The Balaban J connectivity index is 3.68. The lowest BCUT2D eigenvalue weighted by Gasteiger charge is -2.31. The fourth-order valence-corrected chi connectivity index (χ4v) is 4.40. The minimum Gasteiger partial charge on any atom is -0.252 e. The average Bonchev–Trinajstić information content (AvgIpc) is 2.20. The quantitative estimate of drug-likeness (QED) is 0.264. The lowest BCUT2D eigenvalue weighted by molar-refractivity contribution is -0.787. The van der Waals surface area contributed by atoms with E-state index in [0.717, 1.165) is 0 Å². The van der Waals surface area contributed by atoms with Gasteiger partial charge >= 0.3 is 0 Å². The van der Waals surface area contributed by atoms with E-state index in [1.807, 2.05) is 10.8 Å². The Bertz CT molecular complexity index is 105. The zero-order valence-electron chi connectivity index (χ0n) is 9.51. The first-order valence-corrected chi connectivity index (χ1v) is 7.69. The Morgan fingerprint density at radius 2 is 1.46 bits per heavy atom. The Morgan fingerprint density at radius 3 is 1.85 bits per heavy atom. The van der Waals surface area contributed by atoms with Crippen molar-refractivity contribution in [2.45, 2.75) is 40.5 Å². The maximum absolute atomic E-state index is 2.29. The molecule has 0 radical (unpaired) electrons. The van der Waals surface area contributed by atoms with Crippen molar-refractivity contribution in [3.05, 3.63) is 0 Å². The molecule has 0 N–H and O–H groups in total. The molecule has 0 saturated heterocycles. The topological polar surface area (TPSA) is 0 Å². The van der Waals surface area contributed by atoms with E-state index in [-0.39, 0.29) is 0 Å². The maximum Gasteiger partial charge on any atom is 0.147 e. The molecule has 0 fully saturated rings. The molecule has 0 unspecified atom stereocenters. The Hall–Kier alpha value is 0.660. The Kier molecular flexibility index (Phi) is 8.42. The van der Waals surface area contributed by atoms with Crippen LogP contribution in [0.5, 0.6) is 0 Å². The maximum atomic E-state index is 2.29. The van der Waals surface area contributed by atoms with E-state index in [1.54, 1.807) is 0 Å². The van der Waals surface area contributed by atoms with Crippen LogP contribution in [0.15, 0.2) is 0 Å². The predicted octanol–water partition coefficient (Wildman–Crippen LogP) is 3.96. The summed E-state index contributed by atoms with van der Waals surface area (Å²) in [6.07, 6.45) is 2.67. The van der Waals surface area contributed by atoms with Crippen molar-refractivity contribution in [3.63, 3.8) is 0 Å². The van der Waals surface area contributed by atoms with Gasteiger partial charge in [-0.05, 0) is 38.0 Å². The Morgan fingerprint density at radius 1 is 0.923 bits per heavy atom. The van der Waals surface area contributed by atoms with Crippen molar-refractivity contribution in [1.29, 1.82) is 0 Å². The highest BCUT2D eigenvalue weighted by molar-refractivity contribution is 8.74. The van der Waals surface area contributed by atoms with Crippen LogP contribution in [-0.4, -0.2) is 29.3 Å². The van der Waals surface area contributed by atoms with Gasteiger partial charge in [-0.25, -0.2) is 0 Å². The molecular formula is C10H24NS2+. The van der Waals surface area contributed by atoms with E-state index in [0.29, 0.717) is 0 Å². The van der Waals surface area contributed by atoms with Crippen LogP contribution in [-0.2, 0) is 0 Å². The van der Waals surface area contributed by atoms with Crippen molar-refractivity contribution in [3.8, 4) is 0 Å². The Labute approximate surface area is 91.8 Å². The van der Waals surface area contributed by atoms with Gasteiger partial charge in [0.1, 0.15) is 11.0 Å². The molecule has 80 valence electrons. The molecule has 3 heteroatoms. The molecule has 0 aliphatic heterocycles. The van der Waals surface area contributed by atoms with Gasteiger partial charge in [-0.15, -0.1) is 0 Å². The summed E-state index contributed by atoms with van der Waals surface area (Å²) >= 11 is 0. The van der Waals surface area contributed by atoms with E-state index in [2.05, 4.69) is 38.7 Å². The molecule has 0 saturated carbocycles. The summed E-state index contributed by atoms with van der Waals surface area (Å²) in [5.41, 5.74) is 0. The van der Waals surface area contributed by atoms with Gasteiger partial charge < -0.3 is 0 Å². The van der Waals surface area contributed by atoms with Gasteiger partial charge in [0.05, 0.1) is 19.6 Å². The normalized spacial score (nSPS) is 12.0. The van der Waals surface area contributed by atoms with Crippen molar-refractivity contribution in [1.82, 2.24) is 0 Å². The number of quaternary nitrogens is 1. The molecule has 13 heavy (non-hydrogen) atoms. The summed E-state index contributed by atoms with van der Waals surface area (Å²) in [4.78, 5) is 0. The minimum absolute atomic E-state index is 1.20. The third-order valence-corrected chi connectivity index (χ3v) is 5.94. The second-order valence-corrected chi connectivity index (χ2v) is 5.98. The fourth-order valence-electron chi connectivity index (χ4n) is 1.18. The average molecular weight is 222 g/mol. The molecule has 0 rings (SSSR count). The molecule has 0 spiro atoms. The van der Waals surface area contributed by atoms with Gasteiger partial charge in [-0.3, -0.25) is 3.89 Å². The lowest BCUT2D eigenvalue weighted by atomic mass is 10.4. The smallest absolute Gasteiger partial charge is 0.147 e. The summed E-state index contributed by atoms with van der Waals surface area (Å²) in [5.74, 6) is 1.31. The monoisotopic (exact) mass is 222 g/mol. The van der Waals surface area contributed by atoms with Crippen LogP contribution in [0.2, 0.25) is 0 Å². The fraction of sp³-hybridized carbons (Fsp3) is 1.00. The van der Waals surface area contributed by atoms with E-state index in [4.69, 9.17) is 0 Å². The van der Waals surface area contributed by atoms with Gasteiger partial charge in [-0.2, -0.15) is 0 Å². The summed E-state index contributed by atoms with van der Waals surface area (Å²) in [6.45, 7) is 12.9. The molecule has 0 bridgehead atoms. The third-order valence-electron chi connectivity index (χ3n) is 2.52. The van der Waals surface area contributed by atoms with E-state index >= 15 is 0 Å².